The first kappa shape index (κ1) is 11.7. The summed E-state index contributed by atoms with van der Waals surface area (Å²) in [4.78, 5) is 2.11. The Kier molecular flexibility index (Phi) is 4.82. The molecule has 0 spiro atoms. The zero-order valence-corrected chi connectivity index (χ0v) is 8.98. The summed E-state index contributed by atoms with van der Waals surface area (Å²) >= 11 is 0. The first-order valence-electron chi connectivity index (χ1n) is 5.13. The molecule has 0 aliphatic carbocycles. The van der Waals surface area contributed by atoms with Crippen LogP contribution >= 0.6 is 0 Å². The van der Waals surface area contributed by atoms with Crippen LogP contribution in [0, 0.1) is 11.3 Å². The van der Waals surface area contributed by atoms with Crippen LogP contribution in [0.25, 0.3) is 0 Å². The highest BCUT2D eigenvalue weighted by Gasteiger charge is 2.06. The first-order chi connectivity index (χ1) is 7.31. The topological polar surface area (TPSA) is 47.3 Å². The molecule has 0 saturated carbocycles. The van der Waals surface area contributed by atoms with E-state index in [4.69, 9.17) is 10.4 Å². The molecule has 1 aromatic rings. The molecule has 0 amide bonds. The standard InChI is InChI=1S/C12H16N2O/c1-2-14(7-8-15)10-12-6-4-3-5-11(12)9-13/h3-6,15H,2,7-8,10H2,1H3. The van der Waals surface area contributed by atoms with Crippen molar-refractivity contribution in [2.75, 3.05) is 19.7 Å². The van der Waals surface area contributed by atoms with Gasteiger partial charge in [0, 0.05) is 13.1 Å². The fraction of sp³-hybridized carbons (Fsp3) is 0.417. The number of nitrogens with zero attached hydrogens (tertiary/aromatic N) is 2. The number of hydrogen-bond acceptors (Lipinski definition) is 3. The van der Waals surface area contributed by atoms with Gasteiger partial charge in [-0.1, -0.05) is 25.1 Å². The Balaban J connectivity index is 2.74. The van der Waals surface area contributed by atoms with E-state index in [0.29, 0.717) is 12.1 Å². The molecule has 0 radical (unpaired) electrons. The number of rotatable bonds is 5. The minimum Gasteiger partial charge on any atom is -0.395 e. The van der Waals surface area contributed by atoms with Gasteiger partial charge in [0.2, 0.25) is 0 Å². The normalized spacial score (nSPS) is 10.3. The summed E-state index contributed by atoms with van der Waals surface area (Å²) in [5.74, 6) is 0. The molecule has 0 aliphatic rings. The zero-order chi connectivity index (χ0) is 11.1. The Labute approximate surface area is 90.6 Å². The molecule has 3 heteroatoms. The van der Waals surface area contributed by atoms with E-state index in [1.807, 2.05) is 31.2 Å². The molecule has 0 unspecified atom stereocenters. The van der Waals surface area contributed by atoms with Crippen LogP contribution in [0.2, 0.25) is 0 Å². The molecule has 0 atom stereocenters. The lowest BCUT2D eigenvalue weighted by molar-refractivity contribution is 0.196. The number of hydrogen-bond donors (Lipinski definition) is 1. The number of nitriles is 1. The van der Waals surface area contributed by atoms with E-state index in [1.54, 1.807) is 0 Å². The van der Waals surface area contributed by atoms with Crippen molar-refractivity contribution >= 4 is 0 Å². The van der Waals surface area contributed by atoms with Gasteiger partial charge < -0.3 is 5.11 Å². The molecule has 0 aliphatic heterocycles. The van der Waals surface area contributed by atoms with E-state index < -0.39 is 0 Å². The van der Waals surface area contributed by atoms with Crippen LogP contribution in [0.5, 0.6) is 0 Å². The second-order valence-corrected chi connectivity index (χ2v) is 3.36. The Bertz CT molecular complexity index is 344. The fourth-order valence-electron chi connectivity index (χ4n) is 1.50. The monoisotopic (exact) mass is 204 g/mol. The van der Waals surface area contributed by atoms with Crippen molar-refractivity contribution < 1.29 is 5.11 Å². The van der Waals surface area contributed by atoms with E-state index in [0.717, 1.165) is 18.7 Å². The summed E-state index contributed by atoms with van der Waals surface area (Å²) in [6, 6.07) is 9.76. The maximum Gasteiger partial charge on any atom is 0.0995 e. The molecule has 0 bridgehead atoms. The van der Waals surface area contributed by atoms with E-state index in [2.05, 4.69) is 11.0 Å². The third-order valence-corrected chi connectivity index (χ3v) is 2.40. The van der Waals surface area contributed by atoms with E-state index in [9.17, 15) is 0 Å². The van der Waals surface area contributed by atoms with Crippen LogP contribution in [0.15, 0.2) is 24.3 Å². The molecular weight excluding hydrogens is 188 g/mol. The van der Waals surface area contributed by atoms with Crippen molar-refractivity contribution in [2.45, 2.75) is 13.5 Å². The van der Waals surface area contributed by atoms with Crippen molar-refractivity contribution in [3.05, 3.63) is 35.4 Å². The van der Waals surface area contributed by atoms with E-state index >= 15 is 0 Å². The van der Waals surface area contributed by atoms with Gasteiger partial charge in [0.15, 0.2) is 0 Å². The highest BCUT2D eigenvalue weighted by molar-refractivity contribution is 5.37. The Morgan fingerprint density at radius 3 is 2.73 bits per heavy atom. The molecule has 0 heterocycles. The second kappa shape index (κ2) is 6.18. The van der Waals surface area contributed by atoms with Crippen LogP contribution in [0.1, 0.15) is 18.1 Å². The van der Waals surface area contributed by atoms with Crippen LogP contribution in [0.4, 0.5) is 0 Å². The molecule has 1 N–H and O–H groups in total. The molecule has 0 saturated heterocycles. The molecule has 15 heavy (non-hydrogen) atoms. The van der Waals surface area contributed by atoms with Crippen molar-refractivity contribution in [1.29, 1.82) is 5.26 Å². The largest absolute Gasteiger partial charge is 0.395 e. The Hall–Kier alpha value is -1.37. The number of aliphatic hydroxyl groups excluding tert-OH is 1. The zero-order valence-electron chi connectivity index (χ0n) is 8.98. The summed E-state index contributed by atoms with van der Waals surface area (Å²) in [5, 5.41) is 17.8. The van der Waals surface area contributed by atoms with Crippen molar-refractivity contribution in [3.63, 3.8) is 0 Å². The van der Waals surface area contributed by atoms with Gasteiger partial charge in [-0.05, 0) is 18.2 Å². The highest BCUT2D eigenvalue weighted by atomic mass is 16.3. The van der Waals surface area contributed by atoms with Crippen LogP contribution in [0.3, 0.4) is 0 Å². The molecule has 1 rings (SSSR count). The van der Waals surface area contributed by atoms with Crippen molar-refractivity contribution in [1.82, 2.24) is 4.90 Å². The van der Waals surface area contributed by atoms with Gasteiger partial charge in [0.05, 0.1) is 18.2 Å². The average molecular weight is 204 g/mol. The minimum absolute atomic E-state index is 0.155. The minimum atomic E-state index is 0.155. The van der Waals surface area contributed by atoms with Crippen LogP contribution in [-0.2, 0) is 6.54 Å². The third kappa shape index (κ3) is 3.35. The third-order valence-electron chi connectivity index (χ3n) is 2.40. The van der Waals surface area contributed by atoms with Crippen molar-refractivity contribution in [2.24, 2.45) is 0 Å². The number of aliphatic hydroxyl groups is 1. The molecule has 80 valence electrons. The summed E-state index contributed by atoms with van der Waals surface area (Å²) in [6.07, 6.45) is 0. The van der Waals surface area contributed by atoms with Gasteiger partial charge in [-0.2, -0.15) is 5.26 Å². The summed E-state index contributed by atoms with van der Waals surface area (Å²) in [5.41, 5.74) is 1.74. The maximum absolute atomic E-state index is 8.92. The molecular formula is C12H16N2O. The van der Waals surface area contributed by atoms with Gasteiger partial charge in [-0.15, -0.1) is 0 Å². The van der Waals surface area contributed by atoms with E-state index in [-0.39, 0.29) is 6.61 Å². The maximum atomic E-state index is 8.92. The average Bonchev–Trinajstić information content (AvgIpc) is 2.29. The summed E-state index contributed by atoms with van der Waals surface area (Å²) < 4.78 is 0. The Morgan fingerprint density at radius 2 is 2.13 bits per heavy atom. The van der Waals surface area contributed by atoms with Gasteiger partial charge in [0.25, 0.3) is 0 Å². The van der Waals surface area contributed by atoms with E-state index in [1.165, 1.54) is 0 Å². The lowest BCUT2D eigenvalue weighted by Gasteiger charge is -2.19. The number of likely N-dealkylation sites (N-methyl/N-ethyl adjacent to an activating group) is 1. The van der Waals surface area contributed by atoms with Crippen LogP contribution in [-0.4, -0.2) is 29.7 Å². The fourth-order valence-corrected chi connectivity index (χ4v) is 1.50. The van der Waals surface area contributed by atoms with Crippen LogP contribution < -0.4 is 0 Å². The molecule has 0 aromatic heterocycles. The quantitative estimate of drug-likeness (QED) is 0.788. The van der Waals surface area contributed by atoms with Gasteiger partial charge in [-0.3, -0.25) is 4.90 Å². The lowest BCUT2D eigenvalue weighted by Crippen LogP contribution is -2.26. The second-order valence-electron chi connectivity index (χ2n) is 3.36. The highest BCUT2D eigenvalue weighted by Crippen LogP contribution is 2.10. The SMILES string of the molecule is CCN(CCO)Cc1ccccc1C#N. The van der Waals surface area contributed by atoms with Gasteiger partial charge >= 0.3 is 0 Å². The smallest absolute Gasteiger partial charge is 0.0995 e. The predicted octanol–water partition coefficient (Wildman–Crippen LogP) is 1.37. The predicted molar refractivity (Wildman–Crippen MR) is 59.2 cm³/mol. The molecule has 0 fully saturated rings. The molecule has 3 nitrogen and oxygen atoms in total. The first-order valence-corrected chi connectivity index (χ1v) is 5.13. The Morgan fingerprint density at radius 1 is 1.40 bits per heavy atom. The van der Waals surface area contributed by atoms with Gasteiger partial charge in [0.1, 0.15) is 0 Å². The van der Waals surface area contributed by atoms with Crippen molar-refractivity contribution in [3.8, 4) is 6.07 Å². The summed E-state index contributed by atoms with van der Waals surface area (Å²) in [6.45, 7) is 4.45. The molecule has 1 aromatic carbocycles. The van der Waals surface area contributed by atoms with Gasteiger partial charge in [-0.25, -0.2) is 0 Å². The number of benzene rings is 1. The summed E-state index contributed by atoms with van der Waals surface area (Å²) in [7, 11) is 0. The lowest BCUT2D eigenvalue weighted by atomic mass is 10.1.